The van der Waals surface area contributed by atoms with E-state index in [4.69, 9.17) is 23.2 Å². The fourth-order valence-corrected chi connectivity index (χ4v) is 4.19. The van der Waals surface area contributed by atoms with E-state index in [1.165, 1.54) is 36.7 Å². The maximum atomic E-state index is 13.1. The first-order valence-electron chi connectivity index (χ1n) is 11.6. The van der Waals surface area contributed by atoms with Gasteiger partial charge in [0.15, 0.2) is 0 Å². The van der Waals surface area contributed by atoms with E-state index >= 15 is 0 Å². The van der Waals surface area contributed by atoms with Gasteiger partial charge in [-0.3, -0.25) is 9.78 Å². The van der Waals surface area contributed by atoms with Gasteiger partial charge in [-0.25, -0.2) is 14.3 Å². The molecule has 0 bridgehead atoms. The van der Waals surface area contributed by atoms with Crippen LogP contribution >= 0.6 is 23.2 Å². The van der Waals surface area contributed by atoms with E-state index in [2.05, 4.69) is 25.5 Å². The third kappa shape index (κ3) is 6.94. The molecule has 0 aliphatic rings. The van der Waals surface area contributed by atoms with Gasteiger partial charge in [-0.1, -0.05) is 41.4 Å². The molecular formula is C26H18Cl2F3N5O5. The molecule has 0 fully saturated rings. The van der Waals surface area contributed by atoms with Crippen LogP contribution in [-0.2, 0) is 6.54 Å². The molecule has 10 nitrogen and oxygen atoms in total. The number of aryl methyl sites for hydroxylation is 1. The molecule has 4 aromatic rings. The minimum Gasteiger partial charge on any atom is -0.478 e. The smallest absolute Gasteiger partial charge is 0.478 e. The Hall–Kier alpha value is -4.62. The summed E-state index contributed by atoms with van der Waals surface area (Å²) in [6.07, 6.45) is -2.49. The highest BCUT2D eigenvalue weighted by atomic mass is 35.5. The second kappa shape index (κ2) is 11.9. The second-order valence-corrected chi connectivity index (χ2v) is 9.08. The number of hydrogen-bond donors (Lipinski definition) is 3. The Morgan fingerprint density at radius 3 is 2.34 bits per heavy atom. The summed E-state index contributed by atoms with van der Waals surface area (Å²) < 4.78 is 44.4. The first kappa shape index (κ1) is 29.4. The van der Waals surface area contributed by atoms with E-state index in [9.17, 15) is 32.7 Å². The lowest BCUT2D eigenvalue weighted by Crippen LogP contribution is -2.29. The standard InChI is InChI=1S/C26H18Cl2F3N5O5/c1-2-36-23(37)20(33-25(40)34-22-17(27)11-32-12-18(22)28)10-19(35-36)14-5-3-4-13(8-14)16-9-15(24(38)39)6-7-21(16)41-26(29,30)31/h3-12H,2H2,1H3,(H,38,39)(H2,32,33,34,40). The Morgan fingerprint density at radius 2 is 1.71 bits per heavy atom. The van der Waals surface area contributed by atoms with Gasteiger partial charge in [0.2, 0.25) is 0 Å². The van der Waals surface area contributed by atoms with Gasteiger partial charge >= 0.3 is 18.4 Å². The first-order valence-corrected chi connectivity index (χ1v) is 12.3. The number of carbonyl (C=O) groups excluding carboxylic acids is 1. The zero-order chi connectivity index (χ0) is 29.9. The minimum absolute atomic E-state index is 0.0618. The molecule has 4 rings (SSSR count). The van der Waals surface area contributed by atoms with Crippen LogP contribution in [-0.4, -0.2) is 38.2 Å². The molecule has 0 spiro atoms. The van der Waals surface area contributed by atoms with E-state index in [1.807, 2.05) is 0 Å². The Balaban J connectivity index is 1.74. The van der Waals surface area contributed by atoms with E-state index in [-0.39, 0.29) is 50.3 Å². The molecule has 2 aromatic carbocycles. The molecule has 2 amide bonds. The molecule has 0 radical (unpaired) electrons. The van der Waals surface area contributed by atoms with Gasteiger partial charge in [0, 0.05) is 30.1 Å². The maximum absolute atomic E-state index is 13.1. The molecule has 2 aromatic heterocycles. The summed E-state index contributed by atoms with van der Waals surface area (Å²) in [6, 6.07) is 9.37. The average Bonchev–Trinajstić information content (AvgIpc) is 2.91. The number of amides is 2. The van der Waals surface area contributed by atoms with Crippen LogP contribution in [0.25, 0.3) is 22.4 Å². The number of hydrogen-bond acceptors (Lipinski definition) is 6. The first-order chi connectivity index (χ1) is 19.4. The summed E-state index contributed by atoms with van der Waals surface area (Å²) in [6.45, 7) is 1.77. The molecule has 0 unspecified atom stereocenters. The highest BCUT2D eigenvalue weighted by Gasteiger charge is 2.32. The predicted molar refractivity (Wildman–Crippen MR) is 146 cm³/mol. The molecule has 0 saturated heterocycles. The molecule has 0 saturated carbocycles. The highest BCUT2D eigenvalue weighted by Crippen LogP contribution is 2.36. The third-order valence-electron chi connectivity index (χ3n) is 5.54. The summed E-state index contributed by atoms with van der Waals surface area (Å²) in [5.74, 6) is -1.96. The zero-order valence-corrected chi connectivity index (χ0v) is 22.3. The van der Waals surface area contributed by atoms with Crippen LogP contribution in [0.3, 0.4) is 0 Å². The lowest BCUT2D eigenvalue weighted by atomic mass is 9.99. The molecule has 3 N–H and O–H groups in total. The molecular weight excluding hydrogens is 590 g/mol. The number of pyridine rings is 1. The number of carboxylic acid groups (broad SMARTS) is 1. The summed E-state index contributed by atoms with van der Waals surface area (Å²) in [7, 11) is 0. The largest absolute Gasteiger partial charge is 0.573 e. The number of nitrogens with zero attached hydrogens (tertiary/aromatic N) is 3. The van der Waals surface area contributed by atoms with Gasteiger partial charge in [-0.2, -0.15) is 5.10 Å². The van der Waals surface area contributed by atoms with Gasteiger partial charge in [0.25, 0.3) is 5.56 Å². The number of aromatic carboxylic acids is 1. The molecule has 0 aliphatic heterocycles. The third-order valence-corrected chi connectivity index (χ3v) is 6.11. The van der Waals surface area contributed by atoms with Gasteiger partial charge in [0.1, 0.15) is 11.4 Å². The summed E-state index contributed by atoms with van der Waals surface area (Å²) in [5.41, 5.74) is -0.446. The highest BCUT2D eigenvalue weighted by molar-refractivity contribution is 6.39. The van der Waals surface area contributed by atoms with Crippen molar-refractivity contribution in [2.75, 3.05) is 10.6 Å². The Labute approximate surface area is 239 Å². The van der Waals surface area contributed by atoms with Gasteiger partial charge in [-0.05, 0) is 42.8 Å². The van der Waals surface area contributed by atoms with Crippen LogP contribution in [0.5, 0.6) is 5.75 Å². The van der Waals surface area contributed by atoms with E-state index in [0.29, 0.717) is 5.56 Å². The van der Waals surface area contributed by atoms with Crippen molar-refractivity contribution in [3.05, 3.63) is 86.9 Å². The van der Waals surface area contributed by atoms with E-state index in [0.717, 1.165) is 22.9 Å². The topological polar surface area (TPSA) is 135 Å². The van der Waals surface area contributed by atoms with Crippen LogP contribution in [0.4, 0.5) is 29.3 Å². The molecule has 0 aliphatic carbocycles. The molecule has 212 valence electrons. The number of urea groups is 1. The number of halogens is 5. The normalized spacial score (nSPS) is 11.2. The lowest BCUT2D eigenvalue weighted by Gasteiger charge is -2.15. The fraction of sp³-hybridized carbons (Fsp3) is 0.115. The number of rotatable bonds is 7. The van der Waals surface area contributed by atoms with E-state index in [1.54, 1.807) is 13.0 Å². The zero-order valence-electron chi connectivity index (χ0n) is 20.8. The van der Waals surface area contributed by atoms with Crippen molar-refractivity contribution < 1.29 is 32.6 Å². The number of carboxylic acids is 1. The van der Waals surface area contributed by atoms with Crippen LogP contribution in [0.1, 0.15) is 17.3 Å². The fourth-order valence-electron chi connectivity index (χ4n) is 3.73. The van der Waals surface area contributed by atoms with E-state index < -0.39 is 29.7 Å². The summed E-state index contributed by atoms with van der Waals surface area (Å²) in [4.78, 5) is 40.9. The van der Waals surface area contributed by atoms with Gasteiger partial charge < -0.3 is 20.5 Å². The summed E-state index contributed by atoms with van der Waals surface area (Å²) in [5, 5.41) is 18.6. The Bertz CT molecular complexity index is 1690. The van der Waals surface area contributed by atoms with Crippen LogP contribution < -0.4 is 20.9 Å². The van der Waals surface area contributed by atoms with Crippen molar-refractivity contribution in [2.24, 2.45) is 0 Å². The van der Waals surface area contributed by atoms with Crippen molar-refractivity contribution in [2.45, 2.75) is 19.8 Å². The van der Waals surface area contributed by atoms with Crippen molar-refractivity contribution in [3.8, 4) is 28.1 Å². The minimum atomic E-state index is -5.03. The number of nitrogens with one attached hydrogen (secondary N) is 2. The number of anilines is 2. The SMILES string of the molecule is CCn1nc(-c2cccc(-c3cc(C(=O)O)ccc3OC(F)(F)F)c2)cc(NC(=O)Nc2c(Cl)cncc2Cl)c1=O. The molecule has 2 heterocycles. The predicted octanol–water partition coefficient (Wildman–Crippen LogP) is 6.54. The van der Waals surface area contributed by atoms with Crippen molar-refractivity contribution in [1.82, 2.24) is 14.8 Å². The number of carbonyl (C=O) groups is 2. The Kier molecular flexibility index (Phi) is 8.49. The average molecular weight is 608 g/mol. The molecule has 41 heavy (non-hydrogen) atoms. The summed E-state index contributed by atoms with van der Waals surface area (Å²) >= 11 is 12.1. The van der Waals surface area contributed by atoms with Gasteiger partial charge in [-0.15, -0.1) is 13.2 Å². The van der Waals surface area contributed by atoms with Crippen LogP contribution in [0, 0.1) is 0 Å². The van der Waals surface area contributed by atoms with Crippen LogP contribution in [0.2, 0.25) is 10.0 Å². The van der Waals surface area contributed by atoms with Crippen molar-refractivity contribution in [1.29, 1.82) is 0 Å². The lowest BCUT2D eigenvalue weighted by molar-refractivity contribution is -0.274. The van der Waals surface area contributed by atoms with Crippen molar-refractivity contribution in [3.63, 3.8) is 0 Å². The number of alkyl halides is 3. The van der Waals surface area contributed by atoms with Crippen LogP contribution in [0.15, 0.2) is 65.7 Å². The molecule has 15 heteroatoms. The second-order valence-electron chi connectivity index (χ2n) is 8.27. The van der Waals surface area contributed by atoms with Gasteiger partial charge in [0.05, 0.1) is 27.0 Å². The monoisotopic (exact) mass is 607 g/mol. The quantitative estimate of drug-likeness (QED) is 0.217. The maximum Gasteiger partial charge on any atom is 0.573 e. The Morgan fingerprint density at radius 1 is 1.02 bits per heavy atom. The number of benzene rings is 2. The van der Waals surface area contributed by atoms with Crippen molar-refractivity contribution >= 4 is 46.6 Å². The molecule has 0 atom stereocenters. The number of aromatic nitrogens is 3. The number of ether oxygens (including phenoxy) is 1.